The second-order valence-corrected chi connectivity index (χ2v) is 6.78. The van der Waals surface area contributed by atoms with Gasteiger partial charge in [0, 0.05) is 22.6 Å². The van der Waals surface area contributed by atoms with Crippen LogP contribution in [0.2, 0.25) is 0 Å². The molecule has 1 unspecified atom stereocenters. The van der Waals surface area contributed by atoms with Crippen molar-refractivity contribution in [1.82, 2.24) is 14.8 Å². The van der Waals surface area contributed by atoms with Gasteiger partial charge in [0.1, 0.15) is 12.2 Å². The fraction of sp³-hybridized carbons (Fsp3) is 0.167. The van der Waals surface area contributed by atoms with E-state index in [1.165, 1.54) is 0 Å². The van der Waals surface area contributed by atoms with E-state index >= 15 is 0 Å². The van der Waals surface area contributed by atoms with Gasteiger partial charge in [0.15, 0.2) is 0 Å². The third kappa shape index (κ3) is 2.38. The van der Waals surface area contributed by atoms with Crippen molar-refractivity contribution in [3.8, 4) is 11.8 Å². The zero-order valence-electron chi connectivity index (χ0n) is 13.0. The zero-order chi connectivity index (χ0) is 16.7. The molecule has 0 bridgehead atoms. The van der Waals surface area contributed by atoms with Gasteiger partial charge in [0.05, 0.1) is 23.0 Å². The summed E-state index contributed by atoms with van der Waals surface area (Å²) in [6.07, 6.45) is 1.76. The Balaban J connectivity index is 1.91. The monoisotopic (exact) mass is 379 g/mol. The summed E-state index contributed by atoms with van der Waals surface area (Å²) in [6, 6.07) is 16.0. The molecule has 0 saturated heterocycles. The Morgan fingerprint density at radius 3 is 2.71 bits per heavy atom. The van der Waals surface area contributed by atoms with E-state index in [0.717, 1.165) is 33.9 Å². The van der Waals surface area contributed by atoms with Crippen LogP contribution in [0.15, 0.2) is 53.3 Å². The van der Waals surface area contributed by atoms with Crippen molar-refractivity contribution in [1.29, 1.82) is 5.26 Å². The van der Waals surface area contributed by atoms with Gasteiger partial charge in [-0.25, -0.2) is 0 Å². The van der Waals surface area contributed by atoms with Crippen LogP contribution in [0.5, 0.6) is 0 Å². The highest BCUT2D eigenvalue weighted by Gasteiger charge is 2.26. The number of benzene rings is 2. The lowest BCUT2D eigenvalue weighted by molar-refractivity contribution is 0.697. The quantitative estimate of drug-likeness (QED) is 0.636. The van der Waals surface area contributed by atoms with Crippen molar-refractivity contribution < 1.29 is 0 Å². The standard InChI is InChI=1S/C18H14BrN5/c1-12-10-23(15-5-2-13(9-20)3-6-15)17-8-14(19)4-7-16(17)24-11-21-22-18(12)24/h2-8,11-12H,10H2,1H3. The Kier molecular flexibility index (Phi) is 3.58. The van der Waals surface area contributed by atoms with Gasteiger partial charge in [-0.1, -0.05) is 22.9 Å². The van der Waals surface area contributed by atoms with Gasteiger partial charge >= 0.3 is 0 Å². The normalized spacial score (nSPS) is 16.0. The van der Waals surface area contributed by atoms with Crippen LogP contribution in [-0.2, 0) is 0 Å². The first-order valence-corrected chi connectivity index (χ1v) is 8.44. The number of hydrogen-bond donors (Lipinski definition) is 0. The number of nitrogens with zero attached hydrogens (tertiary/aromatic N) is 5. The number of fused-ring (bicyclic) bond motifs is 3. The fourth-order valence-corrected chi connectivity index (χ4v) is 3.45. The van der Waals surface area contributed by atoms with Crippen LogP contribution in [0.4, 0.5) is 11.4 Å². The number of anilines is 2. The third-order valence-electron chi connectivity index (χ3n) is 4.27. The summed E-state index contributed by atoms with van der Waals surface area (Å²) in [4.78, 5) is 2.26. The largest absolute Gasteiger partial charge is 0.339 e. The van der Waals surface area contributed by atoms with E-state index in [2.05, 4.69) is 60.7 Å². The minimum absolute atomic E-state index is 0.217. The van der Waals surface area contributed by atoms with Crippen molar-refractivity contribution >= 4 is 27.3 Å². The molecule has 0 saturated carbocycles. The number of rotatable bonds is 1. The van der Waals surface area contributed by atoms with Gasteiger partial charge in [-0.05, 0) is 42.5 Å². The van der Waals surface area contributed by atoms with E-state index in [1.807, 2.05) is 30.3 Å². The van der Waals surface area contributed by atoms with Gasteiger partial charge in [-0.15, -0.1) is 10.2 Å². The molecule has 2 heterocycles. The summed E-state index contributed by atoms with van der Waals surface area (Å²) in [7, 11) is 0. The molecule has 24 heavy (non-hydrogen) atoms. The smallest absolute Gasteiger partial charge is 0.142 e. The predicted molar refractivity (Wildman–Crippen MR) is 95.6 cm³/mol. The molecule has 4 rings (SSSR count). The first kappa shape index (κ1) is 14.9. The lowest BCUT2D eigenvalue weighted by Gasteiger charge is -2.26. The molecule has 1 aromatic heterocycles. The van der Waals surface area contributed by atoms with Crippen molar-refractivity contribution in [2.45, 2.75) is 12.8 Å². The third-order valence-corrected chi connectivity index (χ3v) is 4.76. The molecule has 118 valence electrons. The number of nitriles is 1. The minimum atomic E-state index is 0.217. The van der Waals surface area contributed by atoms with Crippen LogP contribution < -0.4 is 4.90 Å². The molecule has 0 spiro atoms. The lowest BCUT2D eigenvalue weighted by atomic mass is 10.1. The molecule has 5 nitrogen and oxygen atoms in total. The molecule has 0 amide bonds. The van der Waals surface area contributed by atoms with Gasteiger partial charge in [0.2, 0.25) is 0 Å². The minimum Gasteiger partial charge on any atom is -0.339 e. The average Bonchev–Trinajstić information content (AvgIpc) is 3.05. The number of aromatic nitrogens is 3. The van der Waals surface area contributed by atoms with Crippen molar-refractivity contribution in [3.63, 3.8) is 0 Å². The van der Waals surface area contributed by atoms with Crippen molar-refractivity contribution in [2.24, 2.45) is 0 Å². The van der Waals surface area contributed by atoms with Crippen LogP contribution >= 0.6 is 15.9 Å². The Morgan fingerprint density at radius 1 is 1.17 bits per heavy atom. The molecule has 1 atom stereocenters. The molecular weight excluding hydrogens is 366 g/mol. The second-order valence-electron chi connectivity index (χ2n) is 5.86. The van der Waals surface area contributed by atoms with Crippen LogP contribution in [0.25, 0.3) is 5.69 Å². The van der Waals surface area contributed by atoms with Crippen LogP contribution in [0, 0.1) is 11.3 Å². The Morgan fingerprint density at radius 2 is 1.96 bits per heavy atom. The fourth-order valence-electron chi connectivity index (χ4n) is 3.10. The molecule has 1 aliphatic heterocycles. The molecule has 0 N–H and O–H groups in total. The highest BCUT2D eigenvalue weighted by atomic mass is 79.9. The maximum Gasteiger partial charge on any atom is 0.142 e. The molecular formula is C18H14BrN5. The summed E-state index contributed by atoms with van der Waals surface area (Å²) in [5.74, 6) is 1.17. The first-order chi connectivity index (χ1) is 11.7. The van der Waals surface area contributed by atoms with Crippen molar-refractivity contribution in [3.05, 3.63) is 64.7 Å². The lowest BCUT2D eigenvalue weighted by Crippen LogP contribution is -2.21. The van der Waals surface area contributed by atoms with E-state index in [1.54, 1.807) is 6.33 Å². The van der Waals surface area contributed by atoms with Crippen LogP contribution in [-0.4, -0.2) is 21.3 Å². The number of hydrogen-bond acceptors (Lipinski definition) is 4. The van der Waals surface area contributed by atoms with Crippen LogP contribution in [0.3, 0.4) is 0 Å². The molecule has 3 aromatic rings. The van der Waals surface area contributed by atoms with E-state index in [-0.39, 0.29) is 5.92 Å². The van der Waals surface area contributed by atoms with Gasteiger partial charge < -0.3 is 4.90 Å². The average molecular weight is 380 g/mol. The van der Waals surface area contributed by atoms with Crippen molar-refractivity contribution in [2.75, 3.05) is 11.4 Å². The maximum absolute atomic E-state index is 9.02. The SMILES string of the molecule is CC1CN(c2ccc(C#N)cc2)c2cc(Br)ccc2-n2cnnc21. The summed E-state index contributed by atoms with van der Waals surface area (Å²) in [5.41, 5.74) is 3.85. The second kappa shape index (κ2) is 5.77. The van der Waals surface area contributed by atoms with Gasteiger partial charge in [0.25, 0.3) is 0 Å². The van der Waals surface area contributed by atoms with Gasteiger partial charge in [-0.3, -0.25) is 4.57 Å². The maximum atomic E-state index is 9.02. The molecule has 0 fully saturated rings. The summed E-state index contributed by atoms with van der Waals surface area (Å²) in [5, 5.41) is 17.4. The highest BCUT2D eigenvalue weighted by Crippen LogP contribution is 2.38. The van der Waals surface area contributed by atoms with E-state index in [4.69, 9.17) is 5.26 Å². The first-order valence-electron chi connectivity index (χ1n) is 7.65. The zero-order valence-corrected chi connectivity index (χ0v) is 14.6. The van der Waals surface area contributed by atoms with Gasteiger partial charge in [-0.2, -0.15) is 5.26 Å². The van der Waals surface area contributed by atoms with E-state index in [0.29, 0.717) is 5.56 Å². The Hall–Kier alpha value is -2.65. The predicted octanol–water partition coefficient (Wildman–Crippen LogP) is 4.16. The van der Waals surface area contributed by atoms with E-state index in [9.17, 15) is 0 Å². The Bertz CT molecular complexity index is 939. The molecule has 0 aliphatic carbocycles. The Labute approximate surface area is 148 Å². The van der Waals surface area contributed by atoms with Crippen LogP contribution in [0.1, 0.15) is 24.2 Å². The summed E-state index contributed by atoms with van der Waals surface area (Å²) in [6.45, 7) is 2.94. The molecule has 0 radical (unpaired) electrons. The molecule has 2 aromatic carbocycles. The topological polar surface area (TPSA) is 57.7 Å². The summed E-state index contributed by atoms with van der Waals surface area (Å²) >= 11 is 3.57. The van der Waals surface area contributed by atoms with E-state index < -0.39 is 0 Å². The molecule has 6 heteroatoms. The highest BCUT2D eigenvalue weighted by molar-refractivity contribution is 9.10. The molecule has 1 aliphatic rings. The summed E-state index contributed by atoms with van der Waals surface area (Å²) < 4.78 is 3.07. The number of halogens is 1.